The molecular formula is C27H40ClNO3. The lowest BCUT2D eigenvalue weighted by molar-refractivity contribution is -0.143. The third-order valence-electron chi connectivity index (χ3n) is 5.65. The maximum absolute atomic E-state index is 12.7. The van der Waals surface area contributed by atoms with Crippen LogP contribution in [0.25, 0.3) is 0 Å². The van der Waals surface area contributed by atoms with Gasteiger partial charge in [0.2, 0.25) is 0 Å². The summed E-state index contributed by atoms with van der Waals surface area (Å²) >= 11 is 0. The first-order valence-electron chi connectivity index (χ1n) is 11.3. The van der Waals surface area contributed by atoms with Crippen LogP contribution in [0.15, 0.2) is 48.5 Å². The number of rotatable bonds is 9. The molecule has 0 aromatic heterocycles. The van der Waals surface area contributed by atoms with E-state index in [-0.39, 0.29) is 30.9 Å². The number of benzene rings is 2. The van der Waals surface area contributed by atoms with Crippen LogP contribution in [-0.4, -0.2) is 34.6 Å². The quantitative estimate of drug-likeness (QED) is 0.357. The fourth-order valence-electron chi connectivity index (χ4n) is 3.89. The van der Waals surface area contributed by atoms with E-state index in [0.717, 1.165) is 24.1 Å². The van der Waals surface area contributed by atoms with Gasteiger partial charge in [-0.15, -0.1) is 12.4 Å². The molecule has 0 saturated carbocycles. The Kier molecular flexibility index (Phi) is 10.9. The van der Waals surface area contributed by atoms with E-state index < -0.39 is 5.41 Å². The number of esters is 1. The third-order valence-corrected chi connectivity index (χ3v) is 5.65. The van der Waals surface area contributed by atoms with E-state index >= 15 is 0 Å². The van der Waals surface area contributed by atoms with Gasteiger partial charge in [-0.25, -0.2) is 0 Å². The average molecular weight is 462 g/mol. The van der Waals surface area contributed by atoms with Gasteiger partial charge in [-0.2, -0.15) is 0 Å². The minimum Gasteiger partial charge on any atom is -0.426 e. The van der Waals surface area contributed by atoms with Gasteiger partial charge in [-0.3, -0.25) is 9.69 Å². The van der Waals surface area contributed by atoms with Crippen LogP contribution >= 0.6 is 12.4 Å². The Labute approximate surface area is 200 Å². The Morgan fingerprint density at radius 1 is 1.00 bits per heavy atom. The van der Waals surface area contributed by atoms with E-state index in [2.05, 4.69) is 44.7 Å². The van der Waals surface area contributed by atoms with Crippen molar-refractivity contribution < 1.29 is 14.6 Å². The summed E-state index contributed by atoms with van der Waals surface area (Å²) in [7, 11) is 0. The van der Waals surface area contributed by atoms with Gasteiger partial charge < -0.3 is 9.84 Å². The fourth-order valence-corrected chi connectivity index (χ4v) is 3.89. The monoisotopic (exact) mass is 461 g/mol. The van der Waals surface area contributed by atoms with E-state index in [1.165, 1.54) is 5.56 Å². The average Bonchev–Trinajstić information content (AvgIpc) is 2.71. The molecule has 0 aliphatic rings. The van der Waals surface area contributed by atoms with Gasteiger partial charge >= 0.3 is 5.97 Å². The number of halogens is 1. The zero-order valence-corrected chi connectivity index (χ0v) is 21.4. The number of ether oxygens (including phenoxy) is 1. The molecule has 178 valence electrons. The van der Waals surface area contributed by atoms with Crippen LogP contribution in [-0.2, 0) is 11.4 Å². The molecule has 32 heavy (non-hydrogen) atoms. The second kappa shape index (κ2) is 12.4. The number of hydrogen-bond donors (Lipinski definition) is 1. The Morgan fingerprint density at radius 2 is 1.59 bits per heavy atom. The molecule has 0 aliphatic heterocycles. The van der Waals surface area contributed by atoms with Gasteiger partial charge in [0.25, 0.3) is 0 Å². The molecule has 1 N–H and O–H groups in total. The number of nitrogens with zero attached hydrogens (tertiary/aromatic N) is 1. The van der Waals surface area contributed by atoms with Crippen molar-refractivity contribution in [3.05, 3.63) is 65.2 Å². The van der Waals surface area contributed by atoms with Crippen molar-refractivity contribution in [3.63, 3.8) is 0 Å². The molecule has 0 fully saturated rings. The number of carbonyl (C=O) groups is 1. The second-order valence-electron chi connectivity index (χ2n) is 9.85. The van der Waals surface area contributed by atoms with Crippen LogP contribution in [0.2, 0.25) is 0 Å². The van der Waals surface area contributed by atoms with Crippen LogP contribution in [0.3, 0.4) is 0 Å². The van der Waals surface area contributed by atoms with Crippen LogP contribution < -0.4 is 4.74 Å². The van der Waals surface area contributed by atoms with Gasteiger partial charge in [-0.05, 0) is 84.7 Å². The van der Waals surface area contributed by atoms with Gasteiger partial charge in [0.15, 0.2) is 0 Å². The Balaban J connectivity index is 0.00000512. The maximum Gasteiger partial charge on any atom is 0.316 e. The van der Waals surface area contributed by atoms with Crippen molar-refractivity contribution in [1.29, 1.82) is 0 Å². The molecule has 0 aliphatic carbocycles. The lowest BCUT2D eigenvalue weighted by Crippen LogP contribution is -2.38. The SMILES string of the molecule is CC(C)N(CC[C@H](c1ccccc1)c1cc(CO)ccc1OC(=O)C(C)(C)C)C(C)C.Cl. The molecule has 0 spiro atoms. The van der Waals surface area contributed by atoms with E-state index in [9.17, 15) is 9.90 Å². The molecule has 5 heteroatoms. The predicted molar refractivity (Wildman–Crippen MR) is 135 cm³/mol. The summed E-state index contributed by atoms with van der Waals surface area (Å²) in [6.07, 6.45) is 0.884. The maximum atomic E-state index is 12.7. The third kappa shape index (κ3) is 7.61. The Hall–Kier alpha value is -1.88. The van der Waals surface area contributed by atoms with E-state index in [4.69, 9.17) is 4.74 Å². The normalized spacial score (nSPS) is 12.7. The lowest BCUT2D eigenvalue weighted by atomic mass is 9.86. The van der Waals surface area contributed by atoms with E-state index in [0.29, 0.717) is 17.8 Å². The Bertz CT molecular complexity index is 836. The van der Waals surface area contributed by atoms with Gasteiger partial charge in [-0.1, -0.05) is 36.4 Å². The van der Waals surface area contributed by atoms with Gasteiger partial charge in [0, 0.05) is 23.6 Å². The number of aliphatic hydroxyl groups is 1. The number of aliphatic hydroxyl groups excluding tert-OH is 1. The summed E-state index contributed by atoms with van der Waals surface area (Å²) in [6.45, 7) is 15.3. The summed E-state index contributed by atoms with van der Waals surface area (Å²) in [6, 6.07) is 16.9. The molecule has 0 saturated heterocycles. The van der Waals surface area contributed by atoms with Gasteiger partial charge in [0.1, 0.15) is 5.75 Å². The lowest BCUT2D eigenvalue weighted by Gasteiger charge is -2.32. The molecule has 0 heterocycles. The minimum atomic E-state index is -0.596. The van der Waals surface area contributed by atoms with Crippen molar-refractivity contribution in [1.82, 2.24) is 4.90 Å². The van der Waals surface area contributed by atoms with Crippen molar-refractivity contribution in [2.45, 2.75) is 79.5 Å². The first kappa shape index (κ1) is 28.2. The summed E-state index contributed by atoms with van der Waals surface area (Å²) < 4.78 is 5.88. The van der Waals surface area contributed by atoms with Crippen LogP contribution in [0.5, 0.6) is 5.75 Å². The highest BCUT2D eigenvalue weighted by Gasteiger charge is 2.27. The summed E-state index contributed by atoms with van der Waals surface area (Å²) in [5.74, 6) is 0.366. The number of hydrogen-bond acceptors (Lipinski definition) is 4. The summed E-state index contributed by atoms with van der Waals surface area (Å²) in [5.41, 5.74) is 2.35. The van der Waals surface area contributed by atoms with E-state index in [1.54, 1.807) is 0 Å². The molecule has 2 aromatic rings. The highest BCUT2D eigenvalue weighted by atomic mass is 35.5. The second-order valence-corrected chi connectivity index (χ2v) is 9.85. The topological polar surface area (TPSA) is 49.8 Å². The van der Waals surface area contributed by atoms with Gasteiger partial charge in [0.05, 0.1) is 12.0 Å². The molecule has 0 unspecified atom stereocenters. The summed E-state index contributed by atoms with van der Waals surface area (Å²) in [5, 5.41) is 9.76. The van der Waals surface area contributed by atoms with Crippen molar-refractivity contribution in [2.75, 3.05) is 6.54 Å². The highest BCUT2D eigenvalue weighted by Crippen LogP contribution is 2.36. The minimum absolute atomic E-state index is 0. The highest BCUT2D eigenvalue weighted by molar-refractivity contribution is 5.85. The molecule has 0 bridgehead atoms. The standard InChI is InChI=1S/C27H39NO3.ClH/c1-19(2)28(20(3)4)16-15-23(22-11-9-8-10-12-22)24-17-21(18-29)13-14-25(24)31-26(30)27(5,6)7;/h8-14,17,19-20,23,29H,15-16,18H2,1-7H3;1H/t23-;/m1./s1. The van der Waals surface area contributed by atoms with Crippen molar-refractivity contribution in [3.8, 4) is 5.75 Å². The molecule has 4 nitrogen and oxygen atoms in total. The molecule has 1 atom stereocenters. The van der Waals surface area contributed by atoms with Crippen molar-refractivity contribution in [2.24, 2.45) is 5.41 Å². The molecule has 0 amide bonds. The zero-order chi connectivity index (χ0) is 23.2. The van der Waals surface area contributed by atoms with Crippen LogP contribution in [0.1, 0.15) is 77.5 Å². The van der Waals surface area contributed by atoms with Crippen molar-refractivity contribution >= 4 is 18.4 Å². The fraction of sp³-hybridized carbons (Fsp3) is 0.519. The predicted octanol–water partition coefficient (Wildman–Crippen LogP) is 6.19. The molecular weight excluding hydrogens is 422 g/mol. The Morgan fingerprint density at radius 3 is 2.09 bits per heavy atom. The largest absolute Gasteiger partial charge is 0.426 e. The van der Waals surface area contributed by atoms with E-state index in [1.807, 2.05) is 57.2 Å². The first-order chi connectivity index (χ1) is 14.5. The summed E-state index contributed by atoms with van der Waals surface area (Å²) in [4.78, 5) is 15.1. The van der Waals surface area contributed by atoms with Crippen LogP contribution in [0.4, 0.5) is 0 Å². The molecule has 2 rings (SSSR count). The smallest absolute Gasteiger partial charge is 0.316 e. The zero-order valence-electron chi connectivity index (χ0n) is 20.6. The number of carbonyl (C=O) groups excluding carboxylic acids is 1. The molecule has 2 aromatic carbocycles. The first-order valence-corrected chi connectivity index (χ1v) is 11.3. The molecule has 0 radical (unpaired) electrons. The van der Waals surface area contributed by atoms with Crippen LogP contribution in [0, 0.1) is 5.41 Å².